The fourth-order valence-corrected chi connectivity index (χ4v) is 5.36. The summed E-state index contributed by atoms with van der Waals surface area (Å²) in [5, 5.41) is 12.4. The highest BCUT2D eigenvalue weighted by Gasteiger charge is 2.30. The Balaban J connectivity index is 1.26. The predicted molar refractivity (Wildman–Crippen MR) is 114 cm³/mol. The molecule has 7 heteroatoms. The molecule has 0 fully saturated rings. The summed E-state index contributed by atoms with van der Waals surface area (Å²) in [5.74, 6) is -1.19. The standard InChI is InChI=1S/C23H20N2O4S/c26-21(27)13-9-10-20-19(11-13)24-22(30-20)25-23(28)29-12-18-16-7-3-1-5-14(16)15-6-2-4-8-17(15)18/h1-8,13,18H,9-12H2,(H,26,27)(H,24,25,28). The molecule has 0 bridgehead atoms. The molecule has 0 spiro atoms. The first-order chi connectivity index (χ1) is 14.6. The number of thiazole rings is 1. The van der Waals surface area contributed by atoms with Gasteiger partial charge in [0, 0.05) is 17.2 Å². The lowest BCUT2D eigenvalue weighted by Gasteiger charge is -2.16. The van der Waals surface area contributed by atoms with Crippen LogP contribution in [0.25, 0.3) is 11.1 Å². The van der Waals surface area contributed by atoms with E-state index in [1.807, 2.05) is 24.3 Å². The maximum Gasteiger partial charge on any atom is 0.413 e. The van der Waals surface area contributed by atoms with Gasteiger partial charge < -0.3 is 9.84 Å². The zero-order valence-corrected chi connectivity index (χ0v) is 16.9. The number of anilines is 1. The number of hydrogen-bond acceptors (Lipinski definition) is 5. The maximum atomic E-state index is 12.4. The lowest BCUT2D eigenvalue weighted by Crippen LogP contribution is -2.21. The molecule has 1 amide bonds. The molecule has 0 radical (unpaired) electrons. The molecule has 1 unspecified atom stereocenters. The molecule has 1 aromatic heterocycles. The molecule has 2 aliphatic carbocycles. The number of fused-ring (bicyclic) bond motifs is 4. The number of amides is 1. The number of aromatic nitrogens is 1. The molecule has 5 rings (SSSR count). The van der Waals surface area contributed by atoms with Crippen LogP contribution in [0.1, 0.15) is 34.0 Å². The summed E-state index contributed by atoms with van der Waals surface area (Å²) < 4.78 is 5.56. The molecule has 1 heterocycles. The second kappa shape index (κ2) is 7.57. The molecule has 3 aromatic rings. The topological polar surface area (TPSA) is 88.5 Å². The quantitative estimate of drug-likeness (QED) is 0.639. The Morgan fingerprint density at radius 1 is 1.10 bits per heavy atom. The number of carbonyl (C=O) groups excluding carboxylic acids is 1. The van der Waals surface area contributed by atoms with Crippen LogP contribution in [0.5, 0.6) is 0 Å². The second-order valence-corrected chi connectivity index (χ2v) is 8.70. The second-order valence-electron chi connectivity index (χ2n) is 7.62. The van der Waals surface area contributed by atoms with Crippen LogP contribution in [0.4, 0.5) is 9.93 Å². The molecular formula is C23H20N2O4S. The van der Waals surface area contributed by atoms with Gasteiger partial charge >= 0.3 is 12.1 Å². The van der Waals surface area contributed by atoms with Gasteiger partial charge in [0.25, 0.3) is 0 Å². The third kappa shape index (κ3) is 3.35. The number of carbonyl (C=O) groups is 2. The van der Waals surface area contributed by atoms with Gasteiger partial charge in [-0.05, 0) is 35.1 Å². The van der Waals surface area contributed by atoms with Gasteiger partial charge in [-0.2, -0.15) is 0 Å². The zero-order chi connectivity index (χ0) is 20.7. The molecular weight excluding hydrogens is 400 g/mol. The predicted octanol–water partition coefficient (Wildman–Crippen LogP) is 4.69. The number of nitrogens with zero attached hydrogens (tertiary/aromatic N) is 1. The SMILES string of the molecule is O=C(Nc1nc2c(s1)CCC(C(=O)O)C2)OCC1c2ccccc2-c2ccccc21. The average Bonchev–Trinajstić information content (AvgIpc) is 3.30. The number of rotatable bonds is 4. The van der Waals surface area contributed by atoms with E-state index in [9.17, 15) is 14.7 Å². The summed E-state index contributed by atoms with van der Waals surface area (Å²) >= 11 is 1.40. The normalized spacial score (nSPS) is 17.0. The summed E-state index contributed by atoms with van der Waals surface area (Å²) in [5.41, 5.74) is 5.46. The number of aryl methyl sites for hydroxylation is 1. The van der Waals surface area contributed by atoms with Crippen molar-refractivity contribution in [3.8, 4) is 11.1 Å². The molecule has 0 saturated heterocycles. The number of carboxylic acid groups (broad SMARTS) is 1. The van der Waals surface area contributed by atoms with E-state index in [0.29, 0.717) is 24.4 Å². The Morgan fingerprint density at radius 2 is 1.77 bits per heavy atom. The molecule has 2 aliphatic rings. The summed E-state index contributed by atoms with van der Waals surface area (Å²) in [6.45, 7) is 0.242. The summed E-state index contributed by atoms with van der Waals surface area (Å²) in [7, 11) is 0. The van der Waals surface area contributed by atoms with Gasteiger partial charge in [-0.25, -0.2) is 9.78 Å². The van der Waals surface area contributed by atoms with Gasteiger partial charge in [-0.3, -0.25) is 10.1 Å². The first kappa shape index (κ1) is 18.8. The Kier molecular flexibility index (Phi) is 4.75. The van der Waals surface area contributed by atoms with Crippen LogP contribution in [0, 0.1) is 5.92 Å². The van der Waals surface area contributed by atoms with E-state index in [1.165, 1.54) is 22.5 Å². The Hall–Kier alpha value is -3.19. The number of aliphatic carboxylic acids is 1. The minimum absolute atomic E-state index is 0.00368. The number of hydrogen-bond donors (Lipinski definition) is 2. The third-order valence-corrected chi connectivity index (χ3v) is 6.91. The Labute approximate surface area is 177 Å². The van der Waals surface area contributed by atoms with Crippen LogP contribution >= 0.6 is 11.3 Å². The molecule has 30 heavy (non-hydrogen) atoms. The van der Waals surface area contributed by atoms with E-state index in [2.05, 4.69) is 34.6 Å². The molecule has 0 saturated carbocycles. The summed E-state index contributed by atoms with van der Waals surface area (Å²) in [4.78, 5) is 29.1. The van der Waals surface area contributed by atoms with Crippen LogP contribution in [-0.2, 0) is 22.4 Å². The van der Waals surface area contributed by atoms with Gasteiger partial charge in [0.1, 0.15) is 6.61 Å². The number of nitrogens with one attached hydrogen (secondary N) is 1. The van der Waals surface area contributed by atoms with Gasteiger partial charge in [-0.1, -0.05) is 48.5 Å². The number of carboxylic acids is 1. The van der Waals surface area contributed by atoms with Crippen molar-refractivity contribution in [2.75, 3.05) is 11.9 Å². The van der Waals surface area contributed by atoms with E-state index < -0.39 is 18.0 Å². The van der Waals surface area contributed by atoms with Crippen molar-refractivity contribution in [1.82, 2.24) is 4.98 Å². The van der Waals surface area contributed by atoms with Gasteiger partial charge in [0.2, 0.25) is 0 Å². The monoisotopic (exact) mass is 420 g/mol. The summed E-state index contributed by atoms with van der Waals surface area (Å²) in [6, 6.07) is 16.4. The van der Waals surface area contributed by atoms with E-state index in [0.717, 1.165) is 21.7 Å². The molecule has 1 atom stereocenters. The van der Waals surface area contributed by atoms with Gasteiger partial charge in [0.05, 0.1) is 11.6 Å². The fourth-order valence-electron chi connectivity index (χ4n) is 4.36. The molecule has 2 N–H and O–H groups in total. The number of benzene rings is 2. The first-order valence-corrected chi connectivity index (χ1v) is 10.7. The molecule has 0 aliphatic heterocycles. The highest BCUT2D eigenvalue weighted by atomic mass is 32.1. The highest BCUT2D eigenvalue weighted by molar-refractivity contribution is 7.15. The van der Waals surface area contributed by atoms with Crippen molar-refractivity contribution in [2.24, 2.45) is 5.92 Å². The third-order valence-electron chi connectivity index (χ3n) is 5.84. The fraction of sp³-hybridized carbons (Fsp3) is 0.261. The van der Waals surface area contributed by atoms with Crippen molar-refractivity contribution in [1.29, 1.82) is 0 Å². The number of ether oxygens (including phenoxy) is 1. The van der Waals surface area contributed by atoms with Crippen molar-refractivity contribution >= 4 is 28.5 Å². The van der Waals surface area contributed by atoms with Crippen LogP contribution in [-0.4, -0.2) is 28.8 Å². The Morgan fingerprint density at radius 3 is 2.43 bits per heavy atom. The van der Waals surface area contributed by atoms with Crippen molar-refractivity contribution in [3.63, 3.8) is 0 Å². The van der Waals surface area contributed by atoms with Crippen molar-refractivity contribution in [2.45, 2.75) is 25.2 Å². The smallest absolute Gasteiger partial charge is 0.413 e. The zero-order valence-electron chi connectivity index (χ0n) is 16.1. The van der Waals surface area contributed by atoms with Crippen LogP contribution in [0.15, 0.2) is 48.5 Å². The minimum atomic E-state index is -0.792. The molecule has 152 valence electrons. The molecule has 6 nitrogen and oxygen atoms in total. The maximum absolute atomic E-state index is 12.4. The lowest BCUT2D eigenvalue weighted by atomic mass is 9.91. The van der Waals surface area contributed by atoms with Crippen LogP contribution < -0.4 is 5.32 Å². The largest absolute Gasteiger partial charge is 0.481 e. The van der Waals surface area contributed by atoms with Gasteiger partial charge in [-0.15, -0.1) is 11.3 Å². The van der Waals surface area contributed by atoms with E-state index >= 15 is 0 Å². The Bertz CT molecular complexity index is 1090. The highest BCUT2D eigenvalue weighted by Crippen LogP contribution is 2.44. The van der Waals surface area contributed by atoms with Crippen LogP contribution in [0.2, 0.25) is 0 Å². The van der Waals surface area contributed by atoms with Gasteiger partial charge in [0.15, 0.2) is 5.13 Å². The van der Waals surface area contributed by atoms with Crippen molar-refractivity contribution < 1.29 is 19.4 Å². The first-order valence-electron chi connectivity index (χ1n) is 9.93. The minimum Gasteiger partial charge on any atom is -0.481 e. The molecule has 2 aromatic carbocycles. The summed E-state index contributed by atoms with van der Waals surface area (Å²) in [6.07, 6.45) is 1.15. The van der Waals surface area contributed by atoms with E-state index in [1.54, 1.807) is 0 Å². The average molecular weight is 420 g/mol. The van der Waals surface area contributed by atoms with E-state index in [-0.39, 0.29) is 12.5 Å². The van der Waals surface area contributed by atoms with E-state index in [4.69, 9.17) is 4.74 Å². The van der Waals surface area contributed by atoms with Crippen molar-refractivity contribution in [3.05, 3.63) is 70.2 Å². The lowest BCUT2D eigenvalue weighted by molar-refractivity contribution is -0.142. The van der Waals surface area contributed by atoms with Crippen LogP contribution in [0.3, 0.4) is 0 Å².